The van der Waals surface area contributed by atoms with E-state index in [0.29, 0.717) is 17.5 Å². The molecule has 0 saturated carbocycles. The molecule has 2 heterocycles. The van der Waals surface area contributed by atoms with Crippen LogP contribution >= 0.6 is 0 Å². The van der Waals surface area contributed by atoms with E-state index in [2.05, 4.69) is 249 Å². The second kappa shape index (κ2) is 16.7. The molecule has 0 unspecified atom stereocenters. The highest BCUT2D eigenvalue weighted by Crippen LogP contribution is 2.50. The SMILES string of the molecule is CC1(C)c2ccccc2-c2ccc(-c3ccccc3-c3ccc4c(c3)c3ccccc3n4-c3ccc(-c4nc(-c5ccc(-c6ccccc6)cc5)nc(-c5ccc(-c6ccccc6)cc5)n4)cc3)cc21. The Bertz CT molecular complexity index is 3820. The fraction of sp³-hybridized carbons (Fsp3) is 0.0455. The average Bonchev–Trinajstić information content (AvgIpc) is 3.88. The average molecular weight is 895 g/mol. The fourth-order valence-electron chi connectivity index (χ4n) is 10.7. The van der Waals surface area contributed by atoms with Gasteiger partial charge >= 0.3 is 0 Å². The fourth-order valence-corrected chi connectivity index (χ4v) is 10.7. The summed E-state index contributed by atoms with van der Waals surface area (Å²) in [5.74, 6) is 1.87. The lowest BCUT2D eigenvalue weighted by Crippen LogP contribution is -2.14. The number of benzene rings is 10. The van der Waals surface area contributed by atoms with Crippen molar-refractivity contribution >= 4 is 21.8 Å². The molecule has 4 heteroatoms. The van der Waals surface area contributed by atoms with Crippen LogP contribution in [-0.4, -0.2) is 19.5 Å². The van der Waals surface area contributed by atoms with Crippen molar-refractivity contribution in [2.24, 2.45) is 0 Å². The van der Waals surface area contributed by atoms with E-state index in [9.17, 15) is 0 Å². The van der Waals surface area contributed by atoms with Gasteiger partial charge in [-0.3, -0.25) is 0 Å². The van der Waals surface area contributed by atoms with Gasteiger partial charge in [-0.1, -0.05) is 208 Å². The molecule has 4 nitrogen and oxygen atoms in total. The molecular weight excluding hydrogens is 849 g/mol. The molecule has 12 aromatic rings. The Morgan fingerprint density at radius 3 is 1.27 bits per heavy atom. The van der Waals surface area contributed by atoms with Crippen LogP contribution < -0.4 is 0 Å². The van der Waals surface area contributed by atoms with Crippen LogP contribution in [0.4, 0.5) is 0 Å². The van der Waals surface area contributed by atoms with Crippen LogP contribution in [0.25, 0.3) is 117 Å². The minimum Gasteiger partial charge on any atom is -0.309 e. The summed E-state index contributed by atoms with van der Waals surface area (Å²) >= 11 is 0. The first kappa shape index (κ1) is 41.2. The molecule has 0 radical (unpaired) electrons. The molecule has 0 aliphatic heterocycles. The predicted octanol–water partition coefficient (Wildman–Crippen LogP) is 16.9. The van der Waals surface area contributed by atoms with Gasteiger partial charge in [-0.2, -0.15) is 0 Å². The Hall–Kier alpha value is -8.99. The summed E-state index contributed by atoms with van der Waals surface area (Å²) < 4.78 is 2.37. The van der Waals surface area contributed by atoms with Gasteiger partial charge in [0, 0.05) is 38.6 Å². The lowest BCUT2D eigenvalue weighted by Gasteiger charge is -2.22. The number of nitrogens with zero attached hydrogens (tertiary/aromatic N) is 4. The number of fused-ring (bicyclic) bond motifs is 6. The Balaban J connectivity index is 0.871. The van der Waals surface area contributed by atoms with E-state index in [0.717, 1.165) is 44.5 Å². The topological polar surface area (TPSA) is 43.6 Å². The normalized spacial score (nSPS) is 12.5. The monoisotopic (exact) mass is 894 g/mol. The first-order valence-corrected chi connectivity index (χ1v) is 24.0. The van der Waals surface area contributed by atoms with Crippen molar-refractivity contribution in [2.75, 3.05) is 0 Å². The molecule has 0 bridgehead atoms. The largest absolute Gasteiger partial charge is 0.309 e. The zero-order valence-electron chi connectivity index (χ0n) is 38.9. The van der Waals surface area contributed by atoms with Crippen molar-refractivity contribution in [3.05, 3.63) is 254 Å². The standard InChI is InChI=1S/C66H46N4/c1-66(2)59-23-13-11-21-55(59)56-39-35-51(42-60(56)66)54-20-10-9-19-53(54)50-36-40-62-58(41-50)57-22-12-14-24-61(57)70(62)52-37-33-49(34-38-52)65-68-63(47-29-25-45(26-30-47)43-15-5-3-6-16-43)67-64(69-65)48-31-27-46(28-32-48)44-17-7-4-8-18-44/h3-42H,1-2H3. The molecule has 13 rings (SSSR count). The molecule has 0 amide bonds. The van der Waals surface area contributed by atoms with Gasteiger partial charge in [-0.15, -0.1) is 0 Å². The zero-order chi connectivity index (χ0) is 46.8. The van der Waals surface area contributed by atoms with Crippen LogP contribution in [0.2, 0.25) is 0 Å². The van der Waals surface area contributed by atoms with Crippen molar-refractivity contribution in [1.82, 2.24) is 19.5 Å². The van der Waals surface area contributed by atoms with Crippen molar-refractivity contribution in [1.29, 1.82) is 0 Å². The second-order valence-electron chi connectivity index (χ2n) is 18.8. The minimum absolute atomic E-state index is 0.0706. The van der Waals surface area contributed by atoms with E-state index in [4.69, 9.17) is 15.0 Å². The molecule has 1 aliphatic carbocycles. The van der Waals surface area contributed by atoms with Gasteiger partial charge in [0.1, 0.15) is 0 Å². The Morgan fingerprint density at radius 2 is 0.686 bits per heavy atom. The molecule has 0 fully saturated rings. The molecule has 0 spiro atoms. The van der Waals surface area contributed by atoms with Crippen molar-refractivity contribution in [3.63, 3.8) is 0 Å². The Kier molecular flexibility index (Phi) is 9.81. The maximum absolute atomic E-state index is 5.13. The van der Waals surface area contributed by atoms with Crippen molar-refractivity contribution in [3.8, 4) is 95.5 Å². The van der Waals surface area contributed by atoms with Crippen LogP contribution in [0.3, 0.4) is 0 Å². The van der Waals surface area contributed by atoms with Gasteiger partial charge in [0.05, 0.1) is 11.0 Å². The minimum atomic E-state index is -0.0706. The van der Waals surface area contributed by atoms with Gasteiger partial charge < -0.3 is 4.57 Å². The number of para-hydroxylation sites is 1. The van der Waals surface area contributed by atoms with Gasteiger partial charge in [0.15, 0.2) is 17.5 Å². The van der Waals surface area contributed by atoms with Crippen LogP contribution in [-0.2, 0) is 5.41 Å². The Morgan fingerprint density at radius 1 is 0.286 bits per heavy atom. The number of hydrogen-bond acceptors (Lipinski definition) is 3. The van der Waals surface area contributed by atoms with E-state index < -0.39 is 0 Å². The highest BCUT2D eigenvalue weighted by atomic mass is 15.0. The quantitative estimate of drug-likeness (QED) is 0.153. The molecule has 10 aromatic carbocycles. The van der Waals surface area contributed by atoms with Crippen LogP contribution in [0.1, 0.15) is 25.0 Å². The zero-order valence-corrected chi connectivity index (χ0v) is 38.9. The molecule has 0 N–H and O–H groups in total. The lowest BCUT2D eigenvalue weighted by molar-refractivity contribution is 0.660. The summed E-state index contributed by atoms with van der Waals surface area (Å²) in [5.41, 5.74) is 21.0. The highest BCUT2D eigenvalue weighted by molar-refractivity contribution is 6.11. The molecule has 0 saturated heterocycles. The third kappa shape index (κ3) is 7.03. The number of hydrogen-bond donors (Lipinski definition) is 0. The van der Waals surface area contributed by atoms with Gasteiger partial charge in [0.2, 0.25) is 0 Å². The summed E-state index contributed by atoms with van der Waals surface area (Å²) in [6.45, 7) is 4.70. The van der Waals surface area contributed by atoms with Gasteiger partial charge in [-0.25, -0.2) is 15.0 Å². The summed E-state index contributed by atoms with van der Waals surface area (Å²) in [6, 6.07) is 86.9. The first-order chi connectivity index (χ1) is 34.4. The summed E-state index contributed by atoms with van der Waals surface area (Å²) in [6.07, 6.45) is 0. The molecule has 0 atom stereocenters. The van der Waals surface area contributed by atoms with Crippen molar-refractivity contribution in [2.45, 2.75) is 19.3 Å². The van der Waals surface area contributed by atoms with Crippen LogP contribution in [0, 0.1) is 0 Å². The smallest absolute Gasteiger partial charge is 0.164 e. The third-order valence-corrected chi connectivity index (χ3v) is 14.3. The van der Waals surface area contributed by atoms with Crippen molar-refractivity contribution < 1.29 is 0 Å². The van der Waals surface area contributed by atoms with E-state index in [-0.39, 0.29) is 5.41 Å². The third-order valence-electron chi connectivity index (χ3n) is 14.3. The van der Waals surface area contributed by atoms with Crippen LogP contribution in [0.5, 0.6) is 0 Å². The molecule has 2 aromatic heterocycles. The highest BCUT2D eigenvalue weighted by Gasteiger charge is 2.35. The van der Waals surface area contributed by atoms with E-state index in [1.165, 1.54) is 66.4 Å². The lowest BCUT2D eigenvalue weighted by atomic mass is 9.81. The van der Waals surface area contributed by atoms with E-state index >= 15 is 0 Å². The molecule has 1 aliphatic rings. The van der Waals surface area contributed by atoms with E-state index in [1.54, 1.807) is 0 Å². The van der Waals surface area contributed by atoms with Gasteiger partial charge in [0.25, 0.3) is 0 Å². The Labute approximate surface area is 407 Å². The first-order valence-electron chi connectivity index (χ1n) is 24.0. The summed E-state index contributed by atoms with van der Waals surface area (Å²) in [4.78, 5) is 15.3. The summed E-state index contributed by atoms with van der Waals surface area (Å²) in [7, 11) is 0. The molecule has 330 valence electrons. The van der Waals surface area contributed by atoms with E-state index in [1.807, 2.05) is 12.1 Å². The number of rotatable bonds is 8. The van der Waals surface area contributed by atoms with Gasteiger partial charge in [-0.05, 0) is 115 Å². The van der Waals surface area contributed by atoms with Crippen LogP contribution in [0.15, 0.2) is 243 Å². The molecular formula is C66H46N4. The summed E-state index contributed by atoms with van der Waals surface area (Å²) in [5, 5.41) is 2.42. The second-order valence-corrected chi connectivity index (χ2v) is 18.8. The molecule has 70 heavy (non-hydrogen) atoms. The maximum Gasteiger partial charge on any atom is 0.164 e. The maximum atomic E-state index is 5.13. The number of aromatic nitrogens is 4. The predicted molar refractivity (Wildman–Crippen MR) is 290 cm³/mol.